The molecule has 2 amide bonds. The number of rotatable bonds is 6. The molecule has 0 radical (unpaired) electrons. The van der Waals surface area contributed by atoms with E-state index in [1.165, 1.54) is 29.7 Å². The summed E-state index contributed by atoms with van der Waals surface area (Å²) in [6.45, 7) is 0.846. The minimum atomic E-state index is -0.278. The molecule has 4 atom stereocenters. The SMILES string of the molecule is O=C(C[NH+]1[C@@H]2CCC[C@H]1CC(NC(=O)c1ccco1)C2)NCc1ccc(F)cc1. The van der Waals surface area contributed by atoms with Crippen molar-refractivity contribution >= 4 is 11.8 Å². The fourth-order valence-electron chi connectivity index (χ4n) is 4.76. The summed E-state index contributed by atoms with van der Waals surface area (Å²) in [7, 11) is 0. The van der Waals surface area contributed by atoms with E-state index in [9.17, 15) is 14.0 Å². The van der Waals surface area contributed by atoms with Crippen molar-refractivity contribution in [2.75, 3.05) is 6.54 Å². The molecular formula is C22H27FN3O3+. The number of piperidine rings is 2. The van der Waals surface area contributed by atoms with Gasteiger partial charge in [0.25, 0.3) is 11.8 Å². The van der Waals surface area contributed by atoms with Gasteiger partial charge in [0.05, 0.1) is 18.3 Å². The van der Waals surface area contributed by atoms with E-state index < -0.39 is 0 Å². The summed E-state index contributed by atoms with van der Waals surface area (Å²) in [5.74, 6) is -0.0951. The van der Waals surface area contributed by atoms with Crippen LogP contribution in [0.1, 0.15) is 48.2 Å². The van der Waals surface area contributed by atoms with Crippen molar-refractivity contribution in [2.45, 2.75) is 56.8 Å². The number of furan rings is 1. The van der Waals surface area contributed by atoms with Crippen LogP contribution in [0.25, 0.3) is 0 Å². The number of nitrogens with one attached hydrogen (secondary N) is 3. The molecule has 2 aliphatic heterocycles. The molecule has 7 heteroatoms. The van der Waals surface area contributed by atoms with Gasteiger partial charge in [-0.1, -0.05) is 12.1 Å². The lowest BCUT2D eigenvalue weighted by atomic mass is 9.81. The Morgan fingerprint density at radius 1 is 1.10 bits per heavy atom. The summed E-state index contributed by atoms with van der Waals surface area (Å²) < 4.78 is 18.2. The number of benzene rings is 1. The smallest absolute Gasteiger partial charge is 0.287 e. The number of hydrogen-bond acceptors (Lipinski definition) is 3. The van der Waals surface area contributed by atoms with Crippen LogP contribution in [0.15, 0.2) is 47.1 Å². The zero-order valence-electron chi connectivity index (χ0n) is 16.3. The predicted molar refractivity (Wildman–Crippen MR) is 105 cm³/mol. The highest BCUT2D eigenvalue weighted by Crippen LogP contribution is 2.22. The number of hydrogen-bond donors (Lipinski definition) is 3. The maximum atomic E-state index is 13.0. The van der Waals surface area contributed by atoms with Gasteiger partial charge in [0.1, 0.15) is 5.82 Å². The van der Waals surface area contributed by atoms with Gasteiger partial charge in [-0.25, -0.2) is 4.39 Å². The Hall–Kier alpha value is -2.67. The first kappa shape index (κ1) is 19.6. The molecule has 1 aromatic heterocycles. The van der Waals surface area contributed by atoms with Crippen molar-refractivity contribution in [1.29, 1.82) is 0 Å². The van der Waals surface area contributed by atoms with Gasteiger partial charge in [0.15, 0.2) is 12.3 Å². The Kier molecular flexibility index (Phi) is 5.94. The largest absolute Gasteiger partial charge is 0.459 e. The van der Waals surface area contributed by atoms with E-state index in [1.54, 1.807) is 24.3 Å². The second-order valence-electron chi connectivity index (χ2n) is 8.10. The van der Waals surface area contributed by atoms with Gasteiger partial charge >= 0.3 is 0 Å². The number of fused-ring (bicyclic) bond motifs is 2. The van der Waals surface area contributed by atoms with Crippen molar-refractivity contribution in [3.8, 4) is 0 Å². The van der Waals surface area contributed by atoms with Gasteiger partial charge in [-0.15, -0.1) is 0 Å². The van der Waals surface area contributed by atoms with Crippen LogP contribution in [0, 0.1) is 5.82 Å². The van der Waals surface area contributed by atoms with E-state index in [2.05, 4.69) is 10.6 Å². The molecule has 3 heterocycles. The van der Waals surface area contributed by atoms with Gasteiger partial charge < -0.3 is 20.0 Å². The standard InChI is InChI=1S/C22H26FN3O3/c23-16-8-6-15(7-9-16)13-24-21(27)14-26-18-3-1-4-19(26)12-17(11-18)25-22(28)20-5-2-10-29-20/h2,5-10,17-19H,1,3-4,11-14H2,(H,24,27)(H,25,28)/p+1/t17?,18-,19+. The van der Waals surface area contributed by atoms with Crippen molar-refractivity contribution in [3.05, 3.63) is 59.8 Å². The van der Waals surface area contributed by atoms with Crippen LogP contribution in [-0.4, -0.2) is 36.5 Å². The third-order valence-electron chi connectivity index (χ3n) is 6.14. The molecule has 2 unspecified atom stereocenters. The second kappa shape index (κ2) is 8.78. The lowest BCUT2D eigenvalue weighted by Crippen LogP contribution is -3.22. The third-order valence-corrected chi connectivity index (χ3v) is 6.14. The highest BCUT2D eigenvalue weighted by Gasteiger charge is 2.43. The lowest BCUT2D eigenvalue weighted by molar-refractivity contribution is -0.953. The maximum absolute atomic E-state index is 13.0. The summed E-state index contributed by atoms with van der Waals surface area (Å²) in [5, 5.41) is 6.05. The molecule has 0 aliphatic carbocycles. The predicted octanol–water partition coefficient (Wildman–Crippen LogP) is 1.43. The number of halogens is 1. The molecule has 29 heavy (non-hydrogen) atoms. The molecular weight excluding hydrogens is 373 g/mol. The van der Waals surface area contributed by atoms with Gasteiger partial charge in [-0.3, -0.25) is 9.59 Å². The molecule has 0 saturated carbocycles. The number of quaternary nitrogens is 1. The Labute approximate surface area is 169 Å². The normalized spacial score (nSPS) is 26.0. The van der Waals surface area contributed by atoms with Gasteiger partial charge in [-0.2, -0.15) is 0 Å². The van der Waals surface area contributed by atoms with E-state index in [4.69, 9.17) is 4.42 Å². The van der Waals surface area contributed by atoms with E-state index in [0.29, 0.717) is 30.9 Å². The molecule has 1 aromatic carbocycles. The monoisotopic (exact) mass is 400 g/mol. The highest BCUT2D eigenvalue weighted by molar-refractivity contribution is 5.91. The van der Waals surface area contributed by atoms with Gasteiger partial charge in [0.2, 0.25) is 0 Å². The van der Waals surface area contributed by atoms with Crippen LogP contribution < -0.4 is 15.5 Å². The Balaban J connectivity index is 1.30. The Morgan fingerprint density at radius 3 is 2.48 bits per heavy atom. The maximum Gasteiger partial charge on any atom is 0.287 e. The van der Waals surface area contributed by atoms with Gasteiger partial charge in [0, 0.05) is 25.4 Å². The lowest BCUT2D eigenvalue weighted by Gasteiger charge is -2.45. The first-order chi connectivity index (χ1) is 14.1. The summed E-state index contributed by atoms with van der Waals surface area (Å²) in [4.78, 5) is 26.1. The molecule has 6 nitrogen and oxygen atoms in total. The Morgan fingerprint density at radius 2 is 1.83 bits per heavy atom. The minimum absolute atomic E-state index is 0.0132. The second-order valence-corrected chi connectivity index (χ2v) is 8.10. The molecule has 2 aliphatic rings. The molecule has 154 valence electrons. The van der Waals surface area contributed by atoms with E-state index in [-0.39, 0.29) is 23.7 Å². The molecule has 0 spiro atoms. The van der Waals surface area contributed by atoms with E-state index in [0.717, 1.165) is 31.2 Å². The van der Waals surface area contributed by atoms with Crippen LogP contribution in [0.3, 0.4) is 0 Å². The summed E-state index contributed by atoms with van der Waals surface area (Å²) in [6, 6.07) is 10.4. The fraction of sp³-hybridized carbons (Fsp3) is 0.455. The van der Waals surface area contributed by atoms with Crippen molar-refractivity contribution in [2.24, 2.45) is 0 Å². The molecule has 4 rings (SSSR count). The fourth-order valence-corrected chi connectivity index (χ4v) is 4.76. The first-order valence-corrected chi connectivity index (χ1v) is 10.3. The average molecular weight is 400 g/mol. The summed E-state index contributed by atoms with van der Waals surface area (Å²) in [6.07, 6.45) is 6.58. The van der Waals surface area contributed by atoms with Gasteiger partial charge in [-0.05, 0) is 49.1 Å². The zero-order valence-corrected chi connectivity index (χ0v) is 16.3. The summed E-state index contributed by atoms with van der Waals surface area (Å²) >= 11 is 0. The van der Waals surface area contributed by atoms with Crippen LogP contribution in [-0.2, 0) is 11.3 Å². The van der Waals surface area contributed by atoms with Crippen molar-refractivity contribution in [3.63, 3.8) is 0 Å². The first-order valence-electron chi connectivity index (χ1n) is 10.3. The quantitative estimate of drug-likeness (QED) is 0.687. The minimum Gasteiger partial charge on any atom is -0.459 e. The average Bonchev–Trinajstić information content (AvgIpc) is 3.23. The molecule has 2 fully saturated rings. The van der Waals surface area contributed by atoms with Crippen LogP contribution in [0.5, 0.6) is 0 Å². The topological polar surface area (TPSA) is 75.8 Å². The third kappa shape index (κ3) is 4.85. The molecule has 2 saturated heterocycles. The molecule has 2 aromatic rings. The van der Waals surface area contributed by atoms with Crippen molar-refractivity contribution < 1.29 is 23.3 Å². The van der Waals surface area contributed by atoms with E-state index >= 15 is 0 Å². The number of carbonyl (C=O) groups is 2. The van der Waals surface area contributed by atoms with Crippen molar-refractivity contribution in [1.82, 2.24) is 10.6 Å². The van der Waals surface area contributed by atoms with Crippen LogP contribution in [0.2, 0.25) is 0 Å². The highest BCUT2D eigenvalue weighted by atomic mass is 19.1. The molecule has 2 bridgehead atoms. The number of amides is 2. The Bertz CT molecular complexity index is 823. The van der Waals surface area contributed by atoms with Crippen LogP contribution >= 0.6 is 0 Å². The molecule has 3 N–H and O–H groups in total. The summed E-state index contributed by atoms with van der Waals surface area (Å²) in [5.41, 5.74) is 0.884. The zero-order chi connectivity index (χ0) is 20.2. The van der Waals surface area contributed by atoms with E-state index in [1.807, 2.05) is 0 Å². The van der Waals surface area contributed by atoms with Crippen LogP contribution in [0.4, 0.5) is 4.39 Å². The number of carbonyl (C=O) groups excluding carboxylic acids is 2.